The second-order valence-corrected chi connectivity index (χ2v) is 7.36. The summed E-state index contributed by atoms with van der Waals surface area (Å²) in [7, 11) is 0. The maximum absolute atomic E-state index is 11.2. The van der Waals surface area contributed by atoms with E-state index in [0.29, 0.717) is 17.6 Å². The molecule has 1 fully saturated rings. The van der Waals surface area contributed by atoms with Gasteiger partial charge >= 0.3 is 0 Å². The molecule has 2 aromatic heterocycles. The Kier molecular flexibility index (Phi) is 3.88. The zero-order chi connectivity index (χ0) is 19.5. The highest BCUT2D eigenvalue weighted by molar-refractivity contribution is 5.81. The van der Waals surface area contributed by atoms with Crippen molar-refractivity contribution in [2.75, 3.05) is 12.3 Å². The van der Waals surface area contributed by atoms with Crippen LogP contribution in [-0.4, -0.2) is 59.8 Å². The summed E-state index contributed by atoms with van der Waals surface area (Å²) >= 11 is 0. The van der Waals surface area contributed by atoms with Gasteiger partial charge in [-0.3, -0.25) is 4.57 Å². The third-order valence-electron chi connectivity index (χ3n) is 6.02. The Labute approximate surface area is 160 Å². The molecule has 9 nitrogen and oxygen atoms in total. The molecule has 9 heteroatoms. The lowest BCUT2D eigenvalue weighted by Gasteiger charge is -2.39. The van der Waals surface area contributed by atoms with Gasteiger partial charge in [0.2, 0.25) is 0 Å². The van der Waals surface area contributed by atoms with Crippen LogP contribution in [0.3, 0.4) is 0 Å². The van der Waals surface area contributed by atoms with Gasteiger partial charge in [0.1, 0.15) is 30.2 Å². The van der Waals surface area contributed by atoms with Crippen molar-refractivity contribution in [3.8, 4) is 0 Å². The minimum atomic E-state index is -1.38. The van der Waals surface area contributed by atoms with Crippen LogP contribution in [0.25, 0.3) is 11.2 Å². The minimum Gasteiger partial charge on any atom is -0.394 e. The van der Waals surface area contributed by atoms with Crippen molar-refractivity contribution in [1.82, 2.24) is 19.5 Å². The second-order valence-electron chi connectivity index (χ2n) is 7.36. The van der Waals surface area contributed by atoms with Gasteiger partial charge in [-0.05, 0) is 24.0 Å². The molecule has 1 unspecified atom stereocenters. The average molecular weight is 383 g/mol. The summed E-state index contributed by atoms with van der Waals surface area (Å²) in [5, 5.41) is 31.5. The number of ether oxygens (including phenoxy) is 1. The predicted molar refractivity (Wildman–Crippen MR) is 99.2 cm³/mol. The number of hydrogen-bond acceptors (Lipinski definition) is 8. The van der Waals surface area contributed by atoms with Crippen LogP contribution in [0.2, 0.25) is 0 Å². The van der Waals surface area contributed by atoms with Crippen LogP contribution in [-0.2, 0) is 16.9 Å². The normalized spacial score (nSPS) is 32.1. The number of benzene rings is 1. The first-order chi connectivity index (χ1) is 13.6. The van der Waals surface area contributed by atoms with Gasteiger partial charge < -0.3 is 25.8 Å². The number of fused-ring (bicyclic) bond motifs is 2. The van der Waals surface area contributed by atoms with Gasteiger partial charge in [0.25, 0.3) is 0 Å². The van der Waals surface area contributed by atoms with Crippen LogP contribution in [0.15, 0.2) is 36.9 Å². The molecule has 1 saturated heterocycles. The lowest BCUT2D eigenvalue weighted by atomic mass is 9.84. The summed E-state index contributed by atoms with van der Waals surface area (Å²) < 4.78 is 7.86. The van der Waals surface area contributed by atoms with E-state index in [9.17, 15) is 15.3 Å². The number of aliphatic hydroxyl groups excluding tert-OH is 3. The Morgan fingerprint density at radius 3 is 2.82 bits per heavy atom. The standard InChI is InChI=1S/C19H21N5O4/c20-17-14-18(22-8-21-17)24(9-23-14)19(16(27)15(26)13(7-25)28-19)12-6-5-10-3-1-2-4-11(10)12/h1-4,8-9,12-13,15-16,25-27H,5-7H2,(H2,20,21,22)/t12?,13-,15-,16-,19-/m1/s1. The maximum atomic E-state index is 11.2. The van der Waals surface area contributed by atoms with Gasteiger partial charge in [0.05, 0.1) is 12.9 Å². The van der Waals surface area contributed by atoms with Crippen LogP contribution in [0.1, 0.15) is 23.5 Å². The molecule has 1 aliphatic heterocycles. The fraction of sp³-hybridized carbons (Fsp3) is 0.421. The smallest absolute Gasteiger partial charge is 0.183 e. The molecule has 0 spiro atoms. The summed E-state index contributed by atoms with van der Waals surface area (Å²) in [6.45, 7) is -0.419. The van der Waals surface area contributed by atoms with E-state index in [0.717, 1.165) is 12.0 Å². The molecule has 0 amide bonds. The van der Waals surface area contributed by atoms with Crippen LogP contribution < -0.4 is 5.73 Å². The number of rotatable bonds is 3. The fourth-order valence-electron chi connectivity index (χ4n) is 4.73. The molecule has 28 heavy (non-hydrogen) atoms. The monoisotopic (exact) mass is 383 g/mol. The van der Waals surface area contributed by atoms with E-state index in [4.69, 9.17) is 10.5 Å². The summed E-state index contributed by atoms with van der Waals surface area (Å²) in [4.78, 5) is 12.6. The molecule has 0 saturated carbocycles. The number of aryl methyl sites for hydroxylation is 1. The Balaban J connectivity index is 1.76. The van der Waals surface area contributed by atoms with Crippen molar-refractivity contribution in [1.29, 1.82) is 0 Å². The molecule has 0 radical (unpaired) electrons. The molecule has 0 bridgehead atoms. The summed E-state index contributed by atoms with van der Waals surface area (Å²) in [5.74, 6) is -0.0454. The first kappa shape index (κ1) is 17.5. The molecule has 146 valence electrons. The molecule has 3 aromatic rings. The Morgan fingerprint density at radius 1 is 1.21 bits per heavy atom. The van der Waals surface area contributed by atoms with Crippen molar-refractivity contribution < 1.29 is 20.1 Å². The van der Waals surface area contributed by atoms with Gasteiger partial charge in [-0.25, -0.2) is 15.0 Å². The van der Waals surface area contributed by atoms with Gasteiger partial charge in [0.15, 0.2) is 17.2 Å². The lowest BCUT2D eigenvalue weighted by Crippen LogP contribution is -2.49. The lowest BCUT2D eigenvalue weighted by molar-refractivity contribution is -0.162. The number of nitrogens with two attached hydrogens (primary N) is 1. The van der Waals surface area contributed by atoms with Gasteiger partial charge in [-0.15, -0.1) is 0 Å². The molecule has 2 aliphatic rings. The van der Waals surface area contributed by atoms with Crippen molar-refractivity contribution in [3.63, 3.8) is 0 Å². The maximum Gasteiger partial charge on any atom is 0.183 e. The zero-order valence-electron chi connectivity index (χ0n) is 15.0. The van der Waals surface area contributed by atoms with Gasteiger partial charge in [-0.2, -0.15) is 0 Å². The van der Waals surface area contributed by atoms with Crippen LogP contribution in [0, 0.1) is 0 Å². The summed E-state index contributed by atoms with van der Waals surface area (Å²) in [6.07, 6.45) is 0.882. The fourth-order valence-corrected chi connectivity index (χ4v) is 4.73. The first-order valence-electron chi connectivity index (χ1n) is 9.24. The SMILES string of the molecule is Nc1ncnc2c1ncn2[C@]1(C2CCc3ccccc32)O[C@H](CO)[C@@H](O)[C@H]1O. The Bertz CT molecular complexity index is 1040. The average Bonchev–Trinajstić information content (AvgIpc) is 3.39. The van der Waals surface area contributed by atoms with E-state index in [1.165, 1.54) is 18.2 Å². The molecule has 1 aliphatic carbocycles. The van der Waals surface area contributed by atoms with Crippen molar-refractivity contribution in [2.24, 2.45) is 0 Å². The summed E-state index contributed by atoms with van der Waals surface area (Å²) in [6, 6.07) is 7.98. The van der Waals surface area contributed by atoms with Gasteiger partial charge in [-0.1, -0.05) is 24.3 Å². The van der Waals surface area contributed by atoms with E-state index in [1.54, 1.807) is 4.57 Å². The summed E-state index contributed by atoms with van der Waals surface area (Å²) in [5.41, 5.74) is 7.56. The molecule has 3 heterocycles. The molecule has 5 rings (SSSR count). The first-order valence-corrected chi connectivity index (χ1v) is 9.24. The molecular formula is C19H21N5O4. The Hall–Kier alpha value is -2.59. The third-order valence-corrected chi connectivity index (χ3v) is 6.02. The predicted octanol–water partition coefficient (Wildman–Crippen LogP) is -0.0958. The second kappa shape index (κ2) is 6.21. The number of nitrogen functional groups attached to an aromatic ring is 1. The van der Waals surface area contributed by atoms with Crippen molar-refractivity contribution in [2.45, 2.75) is 42.8 Å². The highest BCUT2D eigenvalue weighted by Gasteiger charge is 2.61. The van der Waals surface area contributed by atoms with Gasteiger partial charge in [0, 0.05) is 5.92 Å². The Morgan fingerprint density at radius 2 is 2.04 bits per heavy atom. The van der Waals surface area contributed by atoms with Crippen LogP contribution in [0.4, 0.5) is 5.82 Å². The van der Waals surface area contributed by atoms with E-state index in [1.807, 2.05) is 18.2 Å². The van der Waals surface area contributed by atoms with Crippen molar-refractivity contribution >= 4 is 17.0 Å². The van der Waals surface area contributed by atoms with E-state index in [-0.39, 0.29) is 11.7 Å². The largest absolute Gasteiger partial charge is 0.394 e. The highest BCUT2D eigenvalue weighted by Crippen LogP contribution is 2.52. The molecule has 5 N–H and O–H groups in total. The number of hydrogen-bond donors (Lipinski definition) is 4. The van der Waals surface area contributed by atoms with E-state index < -0.39 is 30.6 Å². The molecular weight excluding hydrogens is 362 g/mol. The number of nitrogens with zero attached hydrogens (tertiary/aromatic N) is 4. The minimum absolute atomic E-state index is 0.220. The van der Waals surface area contributed by atoms with Crippen molar-refractivity contribution in [3.05, 3.63) is 48.0 Å². The molecule has 1 aromatic carbocycles. The quantitative estimate of drug-likeness (QED) is 0.492. The van der Waals surface area contributed by atoms with E-state index in [2.05, 4.69) is 21.0 Å². The van der Waals surface area contributed by atoms with Crippen LogP contribution in [0.5, 0.6) is 0 Å². The number of aliphatic hydroxyl groups is 3. The topological polar surface area (TPSA) is 140 Å². The third kappa shape index (κ3) is 2.18. The van der Waals surface area contributed by atoms with Crippen LogP contribution >= 0.6 is 0 Å². The number of imidazole rings is 1. The number of aromatic nitrogens is 4. The van der Waals surface area contributed by atoms with E-state index >= 15 is 0 Å². The number of anilines is 1. The highest BCUT2D eigenvalue weighted by atomic mass is 16.6. The molecule has 5 atom stereocenters. The zero-order valence-corrected chi connectivity index (χ0v) is 15.0.